The van der Waals surface area contributed by atoms with Crippen molar-refractivity contribution >= 4 is 23.1 Å². The molecule has 1 atom stereocenters. The first-order valence-corrected chi connectivity index (χ1v) is 11.5. The molecular formula is C26H31N7O2. The van der Waals surface area contributed by atoms with Crippen LogP contribution in [0.25, 0.3) is 22.3 Å². The number of nitrogens with two attached hydrogens (primary N) is 1. The van der Waals surface area contributed by atoms with Crippen molar-refractivity contribution < 1.29 is 9.53 Å². The van der Waals surface area contributed by atoms with Crippen LogP contribution in [0.15, 0.2) is 60.9 Å². The van der Waals surface area contributed by atoms with Gasteiger partial charge in [-0.05, 0) is 64.0 Å². The van der Waals surface area contributed by atoms with E-state index in [1.54, 1.807) is 0 Å². The van der Waals surface area contributed by atoms with E-state index < -0.39 is 0 Å². The van der Waals surface area contributed by atoms with Crippen molar-refractivity contribution in [3.63, 3.8) is 0 Å². The van der Waals surface area contributed by atoms with E-state index >= 15 is 0 Å². The first-order valence-electron chi connectivity index (χ1n) is 11.5. The number of para-hydroxylation sites is 1. The van der Waals surface area contributed by atoms with Gasteiger partial charge >= 0.3 is 0 Å². The predicted octanol–water partition coefficient (Wildman–Crippen LogP) is 3.49. The number of aldehydes is 1. The number of nitrogen functional groups attached to an aromatic ring is 1. The van der Waals surface area contributed by atoms with E-state index in [0.29, 0.717) is 12.4 Å². The molecule has 1 saturated heterocycles. The highest BCUT2D eigenvalue weighted by Crippen LogP contribution is 2.34. The van der Waals surface area contributed by atoms with Crippen LogP contribution in [-0.2, 0) is 4.79 Å². The van der Waals surface area contributed by atoms with Gasteiger partial charge in [0.15, 0.2) is 5.65 Å². The second-order valence-corrected chi connectivity index (χ2v) is 8.82. The fourth-order valence-electron chi connectivity index (χ4n) is 4.02. The zero-order chi connectivity index (χ0) is 24.8. The summed E-state index contributed by atoms with van der Waals surface area (Å²) in [6, 6.07) is 17.9. The molecule has 2 aromatic heterocycles. The number of carbonyl (C=O) groups is 1. The number of carbonyl (C=O) groups excluding carboxylic acids is 1. The van der Waals surface area contributed by atoms with Gasteiger partial charge in [-0.2, -0.15) is 5.10 Å². The minimum absolute atomic E-state index is 0.284. The Bertz CT molecular complexity index is 1260. The molecule has 2 aromatic carbocycles. The molecule has 0 radical (unpaired) electrons. The molecule has 0 amide bonds. The summed E-state index contributed by atoms with van der Waals surface area (Å²) in [6.07, 6.45) is 3.43. The Hall–Kier alpha value is -3.82. The summed E-state index contributed by atoms with van der Waals surface area (Å²) in [4.78, 5) is 22.4. The molecule has 182 valence electrons. The molecule has 0 bridgehead atoms. The largest absolute Gasteiger partial charge is 0.457 e. The van der Waals surface area contributed by atoms with E-state index in [9.17, 15) is 4.79 Å². The number of hydrogen-bond donors (Lipinski definition) is 1. The molecule has 1 aliphatic rings. The summed E-state index contributed by atoms with van der Waals surface area (Å²) in [5, 5.41) is 5.72. The third kappa shape index (κ3) is 5.82. The molecule has 3 heterocycles. The van der Waals surface area contributed by atoms with E-state index in [-0.39, 0.29) is 6.04 Å². The fraction of sp³-hybridized carbons (Fsp3) is 0.308. The van der Waals surface area contributed by atoms with Gasteiger partial charge in [0.1, 0.15) is 35.6 Å². The van der Waals surface area contributed by atoms with Crippen molar-refractivity contribution in [2.75, 3.05) is 46.5 Å². The lowest BCUT2D eigenvalue weighted by atomic mass is 10.1. The van der Waals surface area contributed by atoms with Gasteiger partial charge in [0.05, 0.1) is 18.0 Å². The first kappa shape index (κ1) is 24.3. The fourth-order valence-corrected chi connectivity index (χ4v) is 4.02. The Morgan fingerprint density at radius 3 is 2.40 bits per heavy atom. The monoisotopic (exact) mass is 473 g/mol. The minimum atomic E-state index is 0.284. The molecule has 35 heavy (non-hydrogen) atoms. The SMILES string of the molecule is CN(C)CC=O.CN1CCC(n2nc(-c3ccc(Oc4ccccc4)cc3)c3c(N)ncnc32)C1. The third-order valence-electron chi connectivity index (χ3n) is 5.78. The molecule has 1 fully saturated rings. The van der Waals surface area contributed by atoms with Gasteiger partial charge in [-0.15, -0.1) is 0 Å². The van der Waals surface area contributed by atoms with Crippen LogP contribution < -0.4 is 10.5 Å². The van der Waals surface area contributed by atoms with E-state index in [4.69, 9.17) is 15.6 Å². The van der Waals surface area contributed by atoms with Crippen LogP contribution in [0.5, 0.6) is 11.5 Å². The molecule has 1 unspecified atom stereocenters. The second-order valence-electron chi connectivity index (χ2n) is 8.82. The molecule has 0 spiro atoms. The number of anilines is 1. The van der Waals surface area contributed by atoms with Crippen LogP contribution in [-0.4, -0.2) is 76.6 Å². The number of likely N-dealkylation sites (tertiary alicyclic amines) is 1. The number of ether oxygens (including phenoxy) is 1. The summed E-state index contributed by atoms with van der Waals surface area (Å²) in [7, 11) is 5.84. The number of hydrogen-bond acceptors (Lipinski definition) is 8. The molecule has 0 saturated carbocycles. The lowest BCUT2D eigenvalue weighted by Gasteiger charge is -2.11. The van der Waals surface area contributed by atoms with Crippen molar-refractivity contribution in [1.29, 1.82) is 0 Å². The summed E-state index contributed by atoms with van der Waals surface area (Å²) in [5.41, 5.74) is 8.78. The lowest BCUT2D eigenvalue weighted by Crippen LogP contribution is -2.17. The summed E-state index contributed by atoms with van der Waals surface area (Å²) in [6.45, 7) is 2.53. The van der Waals surface area contributed by atoms with Gasteiger partial charge in [0.2, 0.25) is 0 Å². The van der Waals surface area contributed by atoms with Crippen LogP contribution in [0, 0.1) is 0 Å². The van der Waals surface area contributed by atoms with Gasteiger partial charge in [-0.3, -0.25) is 0 Å². The van der Waals surface area contributed by atoms with Crippen LogP contribution in [0.2, 0.25) is 0 Å². The Morgan fingerprint density at radius 2 is 1.80 bits per heavy atom. The van der Waals surface area contributed by atoms with Crippen molar-refractivity contribution in [3.05, 3.63) is 60.9 Å². The number of rotatable bonds is 6. The highest BCUT2D eigenvalue weighted by molar-refractivity contribution is 5.98. The molecule has 2 N–H and O–H groups in total. The smallest absolute Gasteiger partial charge is 0.164 e. The Labute approximate surface area is 205 Å². The maximum Gasteiger partial charge on any atom is 0.164 e. The van der Waals surface area contributed by atoms with Crippen molar-refractivity contribution in [2.24, 2.45) is 0 Å². The molecule has 9 heteroatoms. The van der Waals surface area contributed by atoms with E-state index in [1.807, 2.05) is 78.3 Å². The average molecular weight is 474 g/mol. The van der Waals surface area contributed by atoms with Crippen LogP contribution in [0.3, 0.4) is 0 Å². The zero-order valence-corrected chi connectivity index (χ0v) is 20.3. The Balaban J connectivity index is 0.000000431. The summed E-state index contributed by atoms with van der Waals surface area (Å²) in [5.74, 6) is 2.02. The Kier molecular flexibility index (Phi) is 7.69. The highest BCUT2D eigenvalue weighted by atomic mass is 16.5. The summed E-state index contributed by atoms with van der Waals surface area (Å²) >= 11 is 0. The maximum absolute atomic E-state index is 9.57. The highest BCUT2D eigenvalue weighted by Gasteiger charge is 2.26. The normalized spacial score (nSPS) is 15.7. The summed E-state index contributed by atoms with van der Waals surface area (Å²) < 4.78 is 7.91. The number of likely N-dealkylation sites (N-methyl/N-ethyl adjacent to an activating group) is 2. The quantitative estimate of drug-likeness (QED) is 0.425. The first-order chi connectivity index (χ1) is 17.0. The molecule has 9 nitrogen and oxygen atoms in total. The number of nitrogens with zero attached hydrogens (tertiary/aromatic N) is 6. The van der Waals surface area contributed by atoms with Gasteiger partial charge in [-0.25, -0.2) is 14.6 Å². The third-order valence-corrected chi connectivity index (χ3v) is 5.78. The van der Waals surface area contributed by atoms with Crippen LogP contribution >= 0.6 is 0 Å². The maximum atomic E-state index is 9.57. The van der Waals surface area contributed by atoms with Crippen LogP contribution in [0.1, 0.15) is 12.5 Å². The van der Waals surface area contributed by atoms with E-state index in [0.717, 1.165) is 59.6 Å². The van der Waals surface area contributed by atoms with Gasteiger partial charge in [0.25, 0.3) is 0 Å². The second kappa shape index (κ2) is 11.1. The zero-order valence-electron chi connectivity index (χ0n) is 20.3. The molecular weight excluding hydrogens is 442 g/mol. The van der Waals surface area contributed by atoms with Gasteiger partial charge < -0.3 is 25.1 Å². The molecule has 5 rings (SSSR count). The number of benzene rings is 2. The molecule has 1 aliphatic heterocycles. The van der Waals surface area contributed by atoms with Crippen molar-refractivity contribution in [3.8, 4) is 22.8 Å². The van der Waals surface area contributed by atoms with Gasteiger partial charge in [0, 0.05) is 18.7 Å². The number of fused-ring (bicyclic) bond motifs is 1. The van der Waals surface area contributed by atoms with Crippen LogP contribution in [0.4, 0.5) is 5.82 Å². The van der Waals surface area contributed by atoms with Gasteiger partial charge in [-0.1, -0.05) is 18.2 Å². The molecule has 4 aromatic rings. The molecule has 0 aliphatic carbocycles. The van der Waals surface area contributed by atoms with Crippen molar-refractivity contribution in [1.82, 2.24) is 29.5 Å². The Morgan fingerprint density at radius 1 is 1.09 bits per heavy atom. The van der Waals surface area contributed by atoms with E-state index in [1.165, 1.54) is 6.33 Å². The minimum Gasteiger partial charge on any atom is -0.457 e. The number of aromatic nitrogens is 4. The average Bonchev–Trinajstić information content (AvgIpc) is 3.45. The van der Waals surface area contributed by atoms with E-state index in [2.05, 4.69) is 21.9 Å². The van der Waals surface area contributed by atoms with Crippen molar-refractivity contribution in [2.45, 2.75) is 12.5 Å². The lowest BCUT2D eigenvalue weighted by molar-refractivity contribution is -0.108. The standard InChI is InChI=1S/C22H22N6O.C4H9NO/c1-27-12-11-16(13-27)28-22-19(21(23)24-14-25-22)20(26-28)15-7-9-18(10-8-15)29-17-5-3-2-4-6-17;1-5(2)3-4-6/h2-10,14,16H,11-13H2,1H3,(H2,23,24,25);4H,3H2,1-2H3. The predicted molar refractivity (Wildman–Crippen MR) is 137 cm³/mol. The topological polar surface area (TPSA) is 102 Å².